The molecule has 0 aromatic heterocycles. The molecule has 0 radical (unpaired) electrons. The number of benzene rings is 1. The Hall–Kier alpha value is -1.49. The molecule has 1 atom stereocenters. The van der Waals surface area contributed by atoms with Gasteiger partial charge in [-0.05, 0) is 31.5 Å². The van der Waals surface area contributed by atoms with Gasteiger partial charge in [0.05, 0.1) is 18.6 Å². The second-order valence-corrected chi connectivity index (χ2v) is 2.85. The smallest absolute Gasteiger partial charge is 0.119 e. The molecule has 0 heterocycles. The van der Waals surface area contributed by atoms with Gasteiger partial charge in [0.25, 0.3) is 0 Å². The van der Waals surface area contributed by atoms with Crippen molar-refractivity contribution in [1.29, 1.82) is 5.26 Å². The number of hydrogen-bond donors (Lipinski definition) is 0. The van der Waals surface area contributed by atoms with Crippen LogP contribution in [0.25, 0.3) is 0 Å². The summed E-state index contributed by atoms with van der Waals surface area (Å²) in [5.41, 5.74) is 1.03. The number of rotatable bonds is 3. The van der Waals surface area contributed by atoms with Crippen molar-refractivity contribution in [3.63, 3.8) is 0 Å². The average Bonchev–Trinajstić information content (AvgIpc) is 2.18. The van der Waals surface area contributed by atoms with Crippen molar-refractivity contribution < 1.29 is 4.74 Å². The van der Waals surface area contributed by atoms with E-state index in [2.05, 4.69) is 6.07 Å². The maximum absolute atomic E-state index is 8.68. The first-order valence-corrected chi connectivity index (χ1v) is 4.40. The maximum atomic E-state index is 8.68. The Morgan fingerprint density at radius 3 is 2.46 bits per heavy atom. The first kappa shape index (κ1) is 9.60. The molecular formula is C11H13NO. The molecule has 2 heteroatoms. The Morgan fingerprint density at radius 2 is 2.00 bits per heavy atom. The Bertz CT molecular complexity index is 297. The predicted octanol–water partition coefficient (Wildman–Crippen LogP) is 2.71. The van der Waals surface area contributed by atoms with Crippen molar-refractivity contribution in [2.75, 3.05) is 6.61 Å². The molecular weight excluding hydrogens is 162 g/mol. The Morgan fingerprint density at radius 1 is 1.38 bits per heavy atom. The lowest BCUT2D eigenvalue weighted by Crippen LogP contribution is -1.93. The number of nitriles is 1. The predicted molar refractivity (Wildman–Crippen MR) is 51.6 cm³/mol. The van der Waals surface area contributed by atoms with Crippen LogP contribution in [0.3, 0.4) is 0 Å². The van der Waals surface area contributed by atoms with Gasteiger partial charge in [-0.25, -0.2) is 0 Å². The van der Waals surface area contributed by atoms with Gasteiger partial charge in [0, 0.05) is 0 Å². The molecule has 0 aliphatic rings. The van der Waals surface area contributed by atoms with Crippen molar-refractivity contribution in [2.24, 2.45) is 0 Å². The van der Waals surface area contributed by atoms with E-state index in [0.717, 1.165) is 11.3 Å². The molecule has 0 amide bonds. The lowest BCUT2D eigenvalue weighted by molar-refractivity contribution is 0.340. The number of nitrogens with zero attached hydrogens (tertiary/aromatic N) is 1. The monoisotopic (exact) mass is 175 g/mol. The van der Waals surface area contributed by atoms with Crippen LogP contribution in [0.4, 0.5) is 0 Å². The molecule has 0 aliphatic heterocycles. The largest absolute Gasteiger partial charge is 0.494 e. The summed E-state index contributed by atoms with van der Waals surface area (Å²) in [6.07, 6.45) is 0. The van der Waals surface area contributed by atoms with Crippen LogP contribution in [0, 0.1) is 11.3 Å². The molecule has 1 aromatic rings. The van der Waals surface area contributed by atoms with Crippen molar-refractivity contribution in [1.82, 2.24) is 0 Å². The van der Waals surface area contributed by atoms with Gasteiger partial charge in [0.15, 0.2) is 0 Å². The zero-order chi connectivity index (χ0) is 9.68. The summed E-state index contributed by atoms with van der Waals surface area (Å²) in [6, 6.07) is 9.84. The van der Waals surface area contributed by atoms with Crippen molar-refractivity contribution in [3.8, 4) is 11.8 Å². The minimum Gasteiger partial charge on any atom is -0.494 e. The van der Waals surface area contributed by atoms with Crippen LogP contribution in [0.15, 0.2) is 24.3 Å². The topological polar surface area (TPSA) is 33.0 Å². The number of ether oxygens (including phenoxy) is 1. The van der Waals surface area contributed by atoms with E-state index < -0.39 is 0 Å². The van der Waals surface area contributed by atoms with E-state index in [0.29, 0.717) is 6.61 Å². The van der Waals surface area contributed by atoms with Gasteiger partial charge in [0.1, 0.15) is 5.75 Å². The zero-order valence-corrected chi connectivity index (χ0v) is 7.95. The molecule has 2 nitrogen and oxygen atoms in total. The van der Waals surface area contributed by atoms with Crippen molar-refractivity contribution in [2.45, 2.75) is 19.8 Å². The third kappa shape index (κ3) is 2.48. The first-order chi connectivity index (χ1) is 6.27. The van der Waals surface area contributed by atoms with Crippen LogP contribution in [0.2, 0.25) is 0 Å². The van der Waals surface area contributed by atoms with Crippen molar-refractivity contribution >= 4 is 0 Å². The van der Waals surface area contributed by atoms with Crippen LogP contribution in [0.1, 0.15) is 25.3 Å². The molecule has 0 bridgehead atoms. The van der Waals surface area contributed by atoms with E-state index in [-0.39, 0.29) is 5.92 Å². The highest BCUT2D eigenvalue weighted by Crippen LogP contribution is 2.18. The first-order valence-electron chi connectivity index (χ1n) is 4.40. The fourth-order valence-electron chi connectivity index (χ4n) is 1.09. The standard InChI is InChI=1S/C11H13NO/c1-3-13-11-6-4-10(5-7-11)9(2)8-12/h4-7,9H,3H2,1-2H3. The lowest BCUT2D eigenvalue weighted by atomic mass is 10.0. The minimum absolute atomic E-state index is 0.0457. The molecule has 1 aromatic carbocycles. The third-order valence-electron chi connectivity index (χ3n) is 1.88. The number of hydrogen-bond acceptors (Lipinski definition) is 2. The van der Waals surface area contributed by atoms with Gasteiger partial charge >= 0.3 is 0 Å². The molecule has 1 unspecified atom stereocenters. The van der Waals surface area contributed by atoms with Gasteiger partial charge < -0.3 is 4.74 Å². The average molecular weight is 175 g/mol. The summed E-state index contributed by atoms with van der Waals surface area (Å²) in [7, 11) is 0. The van der Waals surface area contributed by atoms with Gasteiger partial charge in [-0.3, -0.25) is 0 Å². The Balaban J connectivity index is 2.76. The summed E-state index contributed by atoms with van der Waals surface area (Å²) < 4.78 is 5.29. The van der Waals surface area contributed by atoms with Gasteiger partial charge in [-0.2, -0.15) is 5.26 Å². The second-order valence-electron chi connectivity index (χ2n) is 2.85. The quantitative estimate of drug-likeness (QED) is 0.707. The fourth-order valence-corrected chi connectivity index (χ4v) is 1.09. The van der Waals surface area contributed by atoms with E-state index in [4.69, 9.17) is 10.00 Å². The normalized spacial score (nSPS) is 11.8. The molecule has 0 fully saturated rings. The van der Waals surface area contributed by atoms with Gasteiger partial charge in [-0.15, -0.1) is 0 Å². The molecule has 0 aliphatic carbocycles. The van der Waals surface area contributed by atoms with E-state index >= 15 is 0 Å². The van der Waals surface area contributed by atoms with Crippen molar-refractivity contribution in [3.05, 3.63) is 29.8 Å². The van der Waals surface area contributed by atoms with E-state index in [1.807, 2.05) is 38.1 Å². The summed E-state index contributed by atoms with van der Waals surface area (Å²) >= 11 is 0. The highest BCUT2D eigenvalue weighted by Gasteiger charge is 2.02. The summed E-state index contributed by atoms with van der Waals surface area (Å²) in [5.74, 6) is 0.812. The lowest BCUT2D eigenvalue weighted by Gasteiger charge is -2.05. The highest BCUT2D eigenvalue weighted by atomic mass is 16.5. The van der Waals surface area contributed by atoms with E-state index in [1.54, 1.807) is 0 Å². The summed E-state index contributed by atoms with van der Waals surface area (Å²) in [5, 5.41) is 8.68. The fraction of sp³-hybridized carbons (Fsp3) is 0.364. The molecule has 68 valence electrons. The molecule has 0 saturated heterocycles. The minimum atomic E-state index is -0.0457. The van der Waals surface area contributed by atoms with Crippen LogP contribution in [0.5, 0.6) is 5.75 Å². The van der Waals surface area contributed by atoms with Crippen LogP contribution < -0.4 is 4.74 Å². The third-order valence-corrected chi connectivity index (χ3v) is 1.88. The van der Waals surface area contributed by atoms with Crippen LogP contribution >= 0.6 is 0 Å². The van der Waals surface area contributed by atoms with Crippen LogP contribution in [-0.4, -0.2) is 6.61 Å². The molecule has 0 spiro atoms. The summed E-state index contributed by atoms with van der Waals surface area (Å²) in [6.45, 7) is 4.51. The van der Waals surface area contributed by atoms with E-state index in [1.165, 1.54) is 0 Å². The SMILES string of the molecule is CCOc1ccc(C(C)C#N)cc1. The Labute approximate surface area is 78.8 Å². The zero-order valence-electron chi connectivity index (χ0n) is 7.95. The van der Waals surface area contributed by atoms with Gasteiger partial charge in [-0.1, -0.05) is 12.1 Å². The maximum Gasteiger partial charge on any atom is 0.119 e. The van der Waals surface area contributed by atoms with Gasteiger partial charge in [0.2, 0.25) is 0 Å². The molecule has 0 N–H and O–H groups in total. The molecule has 1 rings (SSSR count). The second kappa shape index (κ2) is 4.51. The Kier molecular flexibility index (Phi) is 3.33. The highest BCUT2D eigenvalue weighted by molar-refractivity contribution is 5.31. The van der Waals surface area contributed by atoms with E-state index in [9.17, 15) is 0 Å². The summed E-state index contributed by atoms with van der Waals surface area (Å²) in [4.78, 5) is 0. The molecule has 0 saturated carbocycles. The molecule has 13 heavy (non-hydrogen) atoms. The van der Waals surface area contributed by atoms with Crippen LogP contribution in [-0.2, 0) is 0 Å².